The maximum atomic E-state index is 12.5. The van der Waals surface area contributed by atoms with Gasteiger partial charge in [-0.2, -0.15) is 0 Å². The van der Waals surface area contributed by atoms with Crippen molar-refractivity contribution in [1.29, 1.82) is 0 Å². The summed E-state index contributed by atoms with van der Waals surface area (Å²) < 4.78 is 0. The average molecular weight is 338 g/mol. The molecule has 0 unspecified atom stereocenters. The van der Waals surface area contributed by atoms with Crippen LogP contribution in [0.2, 0.25) is 0 Å². The Morgan fingerprint density at radius 1 is 0.920 bits per heavy atom. The molecule has 0 bridgehead atoms. The highest BCUT2D eigenvalue weighted by molar-refractivity contribution is 6.09. The molecule has 2 rings (SSSR count). The zero-order valence-electron chi connectivity index (χ0n) is 15.5. The molecule has 3 nitrogen and oxygen atoms in total. The molecule has 25 heavy (non-hydrogen) atoms. The Morgan fingerprint density at radius 3 is 2.28 bits per heavy atom. The maximum absolute atomic E-state index is 12.5. The van der Waals surface area contributed by atoms with E-state index in [0.717, 1.165) is 12.2 Å². The Bertz CT molecular complexity index is 667. The van der Waals surface area contributed by atoms with Crippen LogP contribution in [0.3, 0.4) is 0 Å². The molecule has 0 spiro atoms. The standard InChI is InChI=1S/C22H30N2O/c1-3-4-5-6-7-11-16-24(2)21-15-14-19(17-20(21)23)22(25)18-12-9-8-10-13-18/h8-10,12-15,17H,3-7,11,16,23H2,1-2H3. The van der Waals surface area contributed by atoms with Crippen LogP contribution in [0.4, 0.5) is 11.4 Å². The first kappa shape index (κ1) is 19.0. The predicted octanol–water partition coefficient (Wildman–Crippen LogP) is 5.30. The fourth-order valence-electron chi connectivity index (χ4n) is 3.05. The van der Waals surface area contributed by atoms with Gasteiger partial charge in [-0.25, -0.2) is 0 Å². The summed E-state index contributed by atoms with van der Waals surface area (Å²) in [6.07, 6.45) is 7.68. The molecule has 0 atom stereocenters. The third-order valence-corrected chi connectivity index (χ3v) is 4.58. The Hall–Kier alpha value is -2.29. The van der Waals surface area contributed by atoms with E-state index < -0.39 is 0 Å². The van der Waals surface area contributed by atoms with Crippen molar-refractivity contribution in [2.75, 3.05) is 24.2 Å². The molecular weight excluding hydrogens is 308 g/mol. The van der Waals surface area contributed by atoms with E-state index in [1.807, 2.05) is 42.5 Å². The van der Waals surface area contributed by atoms with Gasteiger partial charge in [0.1, 0.15) is 0 Å². The molecule has 3 heteroatoms. The fraction of sp³-hybridized carbons (Fsp3) is 0.409. The van der Waals surface area contributed by atoms with E-state index in [4.69, 9.17) is 5.73 Å². The van der Waals surface area contributed by atoms with Crippen LogP contribution in [0.5, 0.6) is 0 Å². The van der Waals surface area contributed by atoms with Crippen molar-refractivity contribution < 1.29 is 4.79 Å². The van der Waals surface area contributed by atoms with Crippen LogP contribution in [-0.4, -0.2) is 19.4 Å². The molecule has 2 aromatic carbocycles. The molecule has 0 saturated heterocycles. The molecule has 0 amide bonds. The lowest BCUT2D eigenvalue weighted by Crippen LogP contribution is -2.20. The van der Waals surface area contributed by atoms with Gasteiger partial charge in [0.2, 0.25) is 0 Å². The summed E-state index contributed by atoms with van der Waals surface area (Å²) in [5.41, 5.74) is 9.20. The summed E-state index contributed by atoms with van der Waals surface area (Å²) in [5.74, 6) is 0.0115. The molecule has 0 saturated carbocycles. The molecule has 0 aliphatic rings. The zero-order chi connectivity index (χ0) is 18.1. The first-order valence-corrected chi connectivity index (χ1v) is 9.34. The number of rotatable bonds is 10. The van der Waals surface area contributed by atoms with Gasteiger partial charge >= 0.3 is 0 Å². The third kappa shape index (κ3) is 5.63. The van der Waals surface area contributed by atoms with Crippen molar-refractivity contribution >= 4 is 17.2 Å². The van der Waals surface area contributed by atoms with Gasteiger partial charge in [-0.3, -0.25) is 4.79 Å². The second kappa shape index (κ2) is 9.87. The highest BCUT2D eigenvalue weighted by atomic mass is 16.1. The van der Waals surface area contributed by atoms with Crippen molar-refractivity contribution in [3.63, 3.8) is 0 Å². The molecule has 0 aliphatic carbocycles. The number of nitrogen functional groups attached to an aromatic ring is 1. The fourth-order valence-corrected chi connectivity index (χ4v) is 3.05. The predicted molar refractivity (Wildman–Crippen MR) is 107 cm³/mol. The summed E-state index contributed by atoms with van der Waals surface area (Å²) in [6, 6.07) is 14.9. The van der Waals surface area contributed by atoms with Gasteiger partial charge in [-0.05, 0) is 24.6 Å². The van der Waals surface area contributed by atoms with E-state index in [1.165, 1.54) is 38.5 Å². The molecule has 0 heterocycles. The summed E-state index contributed by atoms with van der Waals surface area (Å²) in [4.78, 5) is 14.7. The molecule has 0 fully saturated rings. The van der Waals surface area contributed by atoms with Gasteiger partial charge in [-0.15, -0.1) is 0 Å². The molecular formula is C22H30N2O. The first-order valence-electron chi connectivity index (χ1n) is 9.34. The summed E-state index contributed by atoms with van der Waals surface area (Å²) in [6.45, 7) is 3.23. The highest BCUT2D eigenvalue weighted by Crippen LogP contribution is 2.25. The van der Waals surface area contributed by atoms with Crippen LogP contribution < -0.4 is 10.6 Å². The van der Waals surface area contributed by atoms with E-state index in [1.54, 1.807) is 6.07 Å². The number of benzene rings is 2. The molecule has 2 aromatic rings. The number of nitrogens with zero attached hydrogens (tertiary/aromatic N) is 1. The average Bonchev–Trinajstić information content (AvgIpc) is 2.64. The Balaban J connectivity index is 1.93. The van der Waals surface area contributed by atoms with Crippen LogP contribution >= 0.6 is 0 Å². The second-order valence-corrected chi connectivity index (χ2v) is 6.66. The summed E-state index contributed by atoms with van der Waals surface area (Å²) in [7, 11) is 2.07. The highest BCUT2D eigenvalue weighted by Gasteiger charge is 2.12. The van der Waals surface area contributed by atoms with Gasteiger partial charge in [0.25, 0.3) is 0 Å². The van der Waals surface area contributed by atoms with E-state index in [0.29, 0.717) is 16.8 Å². The Kier molecular flexibility index (Phi) is 7.52. The molecule has 0 aliphatic heterocycles. The minimum absolute atomic E-state index is 0.0115. The maximum Gasteiger partial charge on any atom is 0.193 e. The lowest BCUT2D eigenvalue weighted by atomic mass is 10.0. The van der Waals surface area contributed by atoms with Crippen molar-refractivity contribution in [3.05, 3.63) is 59.7 Å². The molecule has 134 valence electrons. The number of carbonyl (C=O) groups is 1. The van der Waals surface area contributed by atoms with Crippen molar-refractivity contribution in [1.82, 2.24) is 0 Å². The summed E-state index contributed by atoms with van der Waals surface area (Å²) in [5, 5.41) is 0. The van der Waals surface area contributed by atoms with Gasteiger partial charge in [-0.1, -0.05) is 69.4 Å². The van der Waals surface area contributed by atoms with Gasteiger partial charge in [0.15, 0.2) is 5.78 Å². The van der Waals surface area contributed by atoms with Gasteiger partial charge < -0.3 is 10.6 Å². The van der Waals surface area contributed by atoms with E-state index >= 15 is 0 Å². The number of hydrogen-bond acceptors (Lipinski definition) is 3. The number of anilines is 2. The van der Waals surface area contributed by atoms with Crippen LogP contribution in [0.1, 0.15) is 61.4 Å². The van der Waals surface area contributed by atoms with E-state index in [2.05, 4.69) is 18.9 Å². The molecule has 0 radical (unpaired) electrons. The molecule has 2 N–H and O–H groups in total. The number of hydrogen-bond donors (Lipinski definition) is 1. The minimum atomic E-state index is 0.0115. The zero-order valence-corrected chi connectivity index (χ0v) is 15.5. The normalized spacial score (nSPS) is 10.6. The van der Waals surface area contributed by atoms with Gasteiger partial charge in [0.05, 0.1) is 11.4 Å². The summed E-state index contributed by atoms with van der Waals surface area (Å²) >= 11 is 0. The van der Waals surface area contributed by atoms with Crippen LogP contribution in [0.25, 0.3) is 0 Å². The van der Waals surface area contributed by atoms with E-state index in [9.17, 15) is 4.79 Å². The van der Waals surface area contributed by atoms with Crippen LogP contribution in [0.15, 0.2) is 48.5 Å². The second-order valence-electron chi connectivity index (χ2n) is 6.66. The quantitative estimate of drug-likeness (QED) is 0.363. The SMILES string of the molecule is CCCCCCCCN(C)c1ccc(C(=O)c2ccccc2)cc1N. The van der Waals surface area contributed by atoms with Gasteiger partial charge in [0, 0.05) is 24.7 Å². The molecule has 0 aromatic heterocycles. The lowest BCUT2D eigenvalue weighted by molar-refractivity contribution is 0.103. The van der Waals surface area contributed by atoms with Crippen molar-refractivity contribution in [2.45, 2.75) is 45.4 Å². The number of unbranched alkanes of at least 4 members (excludes halogenated alkanes) is 5. The lowest BCUT2D eigenvalue weighted by Gasteiger charge is -2.21. The van der Waals surface area contributed by atoms with E-state index in [-0.39, 0.29) is 5.78 Å². The first-order chi connectivity index (χ1) is 12.1. The Labute approximate surface area is 151 Å². The third-order valence-electron chi connectivity index (χ3n) is 4.58. The number of carbonyl (C=O) groups excluding carboxylic acids is 1. The Morgan fingerprint density at radius 2 is 1.60 bits per heavy atom. The van der Waals surface area contributed by atoms with Crippen molar-refractivity contribution in [2.24, 2.45) is 0 Å². The van der Waals surface area contributed by atoms with Crippen molar-refractivity contribution in [3.8, 4) is 0 Å². The topological polar surface area (TPSA) is 46.3 Å². The smallest absolute Gasteiger partial charge is 0.193 e. The van der Waals surface area contributed by atoms with Crippen LogP contribution in [0, 0.1) is 0 Å². The number of nitrogens with two attached hydrogens (primary N) is 1. The largest absolute Gasteiger partial charge is 0.397 e. The number of ketones is 1. The minimum Gasteiger partial charge on any atom is -0.397 e. The monoisotopic (exact) mass is 338 g/mol. The van der Waals surface area contributed by atoms with Crippen LogP contribution in [-0.2, 0) is 0 Å².